The molecule has 0 saturated carbocycles. The van der Waals surface area contributed by atoms with E-state index in [1.807, 2.05) is 0 Å². The molecule has 1 aromatic carbocycles. The van der Waals surface area contributed by atoms with Crippen molar-refractivity contribution in [1.82, 2.24) is 15.5 Å². The predicted molar refractivity (Wildman–Crippen MR) is 117 cm³/mol. The molecule has 33 heavy (non-hydrogen) atoms. The van der Waals surface area contributed by atoms with Gasteiger partial charge in [-0.05, 0) is 57.7 Å². The maximum Gasteiger partial charge on any atom is 0.410 e. The molecule has 1 aromatic rings. The fourth-order valence-corrected chi connectivity index (χ4v) is 3.90. The highest BCUT2D eigenvalue weighted by atomic mass is 16.6. The van der Waals surface area contributed by atoms with Crippen molar-refractivity contribution >= 4 is 23.7 Å². The molecule has 2 heterocycles. The molecule has 0 spiro atoms. The van der Waals surface area contributed by atoms with Crippen LogP contribution in [-0.4, -0.2) is 64.6 Å². The minimum Gasteiger partial charge on any atom is -0.459 e. The van der Waals surface area contributed by atoms with Crippen LogP contribution >= 0.6 is 0 Å². The van der Waals surface area contributed by atoms with Crippen LogP contribution in [0.2, 0.25) is 0 Å². The first kappa shape index (κ1) is 24.4. The summed E-state index contributed by atoms with van der Waals surface area (Å²) in [5.74, 6) is -0.631. The molecule has 2 amide bonds. The molecule has 0 bridgehead atoms. The van der Waals surface area contributed by atoms with Gasteiger partial charge in [0.15, 0.2) is 0 Å². The lowest BCUT2D eigenvalue weighted by molar-refractivity contribution is -0.384. The summed E-state index contributed by atoms with van der Waals surface area (Å²) >= 11 is 0. The number of esters is 1. The van der Waals surface area contributed by atoms with Crippen LogP contribution in [0.15, 0.2) is 24.3 Å². The van der Waals surface area contributed by atoms with Gasteiger partial charge in [0.1, 0.15) is 24.3 Å². The lowest BCUT2D eigenvalue weighted by Gasteiger charge is -2.25. The number of carbonyl (C=O) groups excluding carboxylic acids is 3. The molecule has 0 radical (unpaired) electrons. The summed E-state index contributed by atoms with van der Waals surface area (Å²) in [5, 5.41) is 16.7. The molecule has 0 aromatic heterocycles. The predicted octanol–water partition coefficient (Wildman–Crippen LogP) is 1.88. The Balaban J connectivity index is 1.49. The standard InChI is InChI=1S/C22H30N4O7/c1-22(2,3)33-20(28)17-11-15(12-23-17)24-19(27)18-5-4-10-25(18)21(29)32-13-14-6-8-16(9-7-14)26(30)31/h6-9,15,17-18,23H,4-5,10-13H2,1-3H3,(H,24,27)/t15-,17?,18-/m0/s1. The molecule has 2 aliphatic heterocycles. The van der Waals surface area contributed by atoms with Gasteiger partial charge in [0.05, 0.1) is 4.92 Å². The van der Waals surface area contributed by atoms with Gasteiger partial charge in [0, 0.05) is 31.3 Å². The van der Waals surface area contributed by atoms with Crippen molar-refractivity contribution in [3.8, 4) is 0 Å². The molecule has 11 heteroatoms. The van der Waals surface area contributed by atoms with E-state index in [1.165, 1.54) is 29.2 Å². The SMILES string of the molecule is CC(C)(C)OC(=O)C1C[C@H](NC(=O)[C@@H]2CCCN2C(=O)OCc2ccc([N+](=O)[O-])cc2)CN1. The smallest absolute Gasteiger partial charge is 0.410 e. The summed E-state index contributed by atoms with van der Waals surface area (Å²) < 4.78 is 10.7. The molecule has 1 unspecified atom stereocenters. The molecule has 3 rings (SSSR count). The van der Waals surface area contributed by atoms with E-state index in [2.05, 4.69) is 10.6 Å². The number of nitro benzene ring substituents is 1. The molecule has 180 valence electrons. The highest BCUT2D eigenvalue weighted by molar-refractivity contribution is 5.86. The van der Waals surface area contributed by atoms with Crippen LogP contribution in [0.4, 0.5) is 10.5 Å². The number of carbonyl (C=O) groups is 3. The van der Waals surface area contributed by atoms with Crippen LogP contribution in [0, 0.1) is 10.1 Å². The first-order chi connectivity index (χ1) is 15.5. The fraction of sp³-hybridized carbons (Fsp3) is 0.591. The van der Waals surface area contributed by atoms with Gasteiger partial charge < -0.3 is 20.1 Å². The van der Waals surface area contributed by atoms with Crippen LogP contribution in [-0.2, 0) is 25.7 Å². The van der Waals surface area contributed by atoms with Gasteiger partial charge in [-0.25, -0.2) is 4.79 Å². The Morgan fingerprint density at radius 2 is 1.94 bits per heavy atom. The quantitative estimate of drug-likeness (QED) is 0.371. The Bertz CT molecular complexity index is 897. The Morgan fingerprint density at radius 1 is 1.24 bits per heavy atom. The monoisotopic (exact) mass is 462 g/mol. The Labute approximate surface area is 191 Å². The van der Waals surface area contributed by atoms with Crippen LogP contribution in [0.5, 0.6) is 0 Å². The zero-order chi connectivity index (χ0) is 24.2. The molecule has 2 aliphatic rings. The summed E-state index contributed by atoms with van der Waals surface area (Å²) in [6.45, 7) is 6.19. The molecule has 11 nitrogen and oxygen atoms in total. The van der Waals surface area contributed by atoms with Crippen molar-refractivity contribution in [3.05, 3.63) is 39.9 Å². The lowest BCUT2D eigenvalue weighted by Crippen LogP contribution is -2.49. The number of nitro groups is 1. The van der Waals surface area contributed by atoms with Gasteiger partial charge in [-0.3, -0.25) is 24.6 Å². The normalized spacial score (nSPS) is 22.6. The van der Waals surface area contributed by atoms with E-state index in [9.17, 15) is 24.5 Å². The molecular weight excluding hydrogens is 432 g/mol. The largest absolute Gasteiger partial charge is 0.459 e. The first-order valence-electron chi connectivity index (χ1n) is 11.0. The number of likely N-dealkylation sites (tertiary alicyclic amines) is 1. The number of rotatable bonds is 6. The van der Waals surface area contributed by atoms with Gasteiger partial charge in [0.25, 0.3) is 5.69 Å². The van der Waals surface area contributed by atoms with Crippen molar-refractivity contribution < 1.29 is 28.8 Å². The zero-order valence-corrected chi connectivity index (χ0v) is 19.0. The number of hydrogen-bond acceptors (Lipinski definition) is 8. The van der Waals surface area contributed by atoms with Crippen molar-refractivity contribution in [2.45, 2.75) is 70.4 Å². The summed E-state index contributed by atoms with van der Waals surface area (Å²) in [5.41, 5.74) is -0.0183. The Hall–Kier alpha value is -3.21. The van der Waals surface area contributed by atoms with Gasteiger partial charge in [0.2, 0.25) is 5.91 Å². The third kappa shape index (κ3) is 6.64. The lowest BCUT2D eigenvalue weighted by atomic mass is 10.1. The van der Waals surface area contributed by atoms with E-state index in [-0.39, 0.29) is 30.2 Å². The van der Waals surface area contributed by atoms with Crippen molar-refractivity contribution in [2.75, 3.05) is 13.1 Å². The zero-order valence-electron chi connectivity index (χ0n) is 19.0. The van der Waals surface area contributed by atoms with Crippen LogP contribution in [0.25, 0.3) is 0 Å². The van der Waals surface area contributed by atoms with E-state index in [4.69, 9.17) is 9.47 Å². The second-order valence-electron chi connectivity index (χ2n) is 9.27. The van der Waals surface area contributed by atoms with Crippen molar-refractivity contribution in [2.24, 2.45) is 0 Å². The average molecular weight is 463 g/mol. The topological polar surface area (TPSA) is 140 Å². The highest BCUT2D eigenvalue weighted by Gasteiger charge is 2.38. The summed E-state index contributed by atoms with van der Waals surface area (Å²) in [6, 6.07) is 4.36. The number of amides is 2. The van der Waals surface area contributed by atoms with E-state index in [0.29, 0.717) is 37.9 Å². The van der Waals surface area contributed by atoms with Crippen molar-refractivity contribution in [3.63, 3.8) is 0 Å². The molecule has 2 N–H and O–H groups in total. The van der Waals surface area contributed by atoms with Crippen LogP contribution in [0.1, 0.15) is 45.6 Å². The maximum atomic E-state index is 12.8. The van der Waals surface area contributed by atoms with Gasteiger partial charge in [-0.1, -0.05) is 0 Å². The molecule has 2 fully saturated rings. The summed E-state index contributed by atoms with van der Waals surface area (Å²) in [7, 11) is 0. The molecule has 0 aliphatic carbocycles. The third-order valence-electron chi connectivity index (χ3n) is 5.47. The van der Waals surface area contributed by atoms with E-state index in [0.717, 1.165) is 0 Å². The first-order valence-corrected chi connectivity index (χ1v) is 11.0. The number of hydrogen-bond donors (Lipinski definition) is 2. The van der Waals surface area contributed by atoms with Crippen LogP contribution < -0.4 is 10.6 Å². The third-order valence-corrected chi connectivity index (χ3v) is 5.47. The van der Waals surface area contributed by atoms with Crippen molar-refractivity contribution in [1.29, 1.82) is 0 Å². The minimum absolute atomic E-state index is 0.0448. The van der Waals surface area contributed by atoms with E-state index >= 15 is 0 Å². The molecule has 2 saturated heterocycles. The number of ether oxygens (including phenoxy) is 2. The average Bonchev–Trinajstić information content (AvgIpc) is 3.41. The minimum atomic E-state index is -0.644. The van der Waals surface area contributed by atoms with Gasteiger partial charge >= 0.3 is 12.1 Å². The second kappa shape index (κ2) is 10.2. The fourth-order valence-electron chi connectivity index (χ4n) is 3.90. The van der Waals surface area contributed by atoms with E-state index in [1.54, 1.807) is 20.8 Å². The number of nitrogens with one attached hydrogen (secondary N) is 2. The number of nitrogens with zero attached hydrogens (tertiary/aromatic N) is 2. The summed E-state index contributed by atoms with van der Waals surface area (Å²) in [6.07, 6.45) is 1.00. The van der Waals surface area contributed by atoms with Gasteiger partial charge in [-0.15, -0.1) is 0 Å². The highest BCUT2D eigenvalue weighted by Crippen LogP contribution is 2.21. The maximum absolute atomic E-state index is 12.8. The second-order valence-corrected chi connectivity index (χ2v) is 9.27. The Kier molecular flexibility index (Phi) is 7.52. The Morgan fingerprint density at radius 3 is 2.58 bits per heavy atom. The van der Waals surface area contributed by atoms with E-state index < -0.39 is 28.7 Å². The van der Waals surface area contributed by atoms with Gasteiger partial charge in [-0.2, -0.15) is 0 Å². The van der Waals surface area contributed by atoms with Crippen LogP contribution in [0.3, 0.4) is 0 Å². The molecular formula is C22H30N4O7. The number of benzene rings is 1. The molecule has 3 atom stereocenters. The number of non-ortho nitro benzene ring substituents is 1. The summed E-state index contributed by atoms with van der Waals surface area (Å²) in [4.78, 5) is 49.2.